The van der Waals surface area contributed by atoms with Crippen molar-refractivity contribution >= 4 is 12.1 Å². The first-order chi connectivity index (χ1) is 5.49. The largest absolute Gasteiger partial charge is 0.513 e. The van der Waals surface area contributed by atoms with Gasteiger partial charge in [-0.1, -0.05) is 0 Å². The molecule has 0 radical (unpaired) electrons. The van der Waals surface area contributed by atoms with Crippen molar-refractivity contribution in [3.8, 4) is 0 Å². The Morgan fingerprint density at radius 1 is 1.25 bits per heavy atom. The number of aliphatic carboxylic acids is 1. The maximum atomic E-state index is 10.5. The molecule has 0 aliphatic rings. The fourth-order valence-electron chi connectivity index (χ4n) is 0.394. The fraction of sp³-hybridized carbons (Fsp3) is 0.429. The molecule has 0 saturated heterocycles. The van der Waals surface area contributed by atoms with E-state index in [1.165, 1.54) is 13.8 Å². The molecule has 5 nitrogen and oxygen atoms in total. The van der Waals surface area contributed by atoms with E-state index in [4.69, 9.17) is 5.11 Å². The average molecular weight is 174 g/mol. The van der Waals surface area contributed by atoms with Crippen LogP contribution in [0.3, 0.4) is 0 Å². The maximum Gasteiger partial charge on any atom is 0.513 e. The number of methoxy groups -OCH3 is 1. The predicted octanol–water partition coefficient (Wildman–Crippen LogP) is 1.15. The van der Waals surface area contributed by atoms with E-state index in [-0.39, 0.29) is 11.3 Å². The van der Waals surface area contributed by atoms with Gasteiger partial charge in [0.1, 0.15) is 5.76 Å². The van der Waals surface area contributed by atoms with Crippen LogP contribution in [0.15, 0.2) is 11.3 Å². The summed E-state index contributed by atoms with van der Waals surface area (Å²) in [5, 5.41) is 8.45. The standard InChI is InChI=1S/C7H10O5/c1-4(6(8)9)5(2)12-7(10)11-3/h1-3H3,(H,8,9). The number of allylic oxidation sites excluding steroid dienone is 1. The highest BCUT2D eigenvalue weighted by molar-refractivity contribution is 5.86. The lowest BCUT2D eigenvalue weighted by molar-refractivity contribution is -0.132. The number of carbonyl (C=O) groups excluding carboxylic acids is 1. The first-order valence-electron chi connectivity index (χ1n) is 3.15. The highest BCUT2D eigenvalue weighted by Gasteiger charge is 2.09. The summed E-state index contributed by atoms with van der Waals surface area (Å²) >= 11 is 0. The minimum atomic E-state index is -1.13. The van der Waals surface area contributed by atoms with Crippen molar-refractivity contribution in [1.82, 2.24) is 0 Å². The van der Waals surface area contributed by atoms with Gasteiger partial charge in [-0.2, -0.15) is 0 Å². The lowest BCUT2D eigenvalue weighted by Crippen LogP contribution is -2.07. The van der Waals surface area contributed by atoms with Crippen LogP contribution in [0, 0.1) is 0 Å². The maximum absolute atomic E-state index is 10.5. The molecule has 12 heavy (non-hydrogen) atoms. The van der Waals surface area contributed by atoms with Crippen molar-refractivity contribution in [3.05, 3.63) is 11.3 Å². The van der Waals surface area contributed by atoms with E-state index in [0.29, 0.717) is 0 Å². The summed E-state index contributed by atoms with van der Waals surface area (Å²) < 4.78 is 8.62. The van der Waals surface area contributed by atoms with Gasteiger partial charge in [-0.25, -0.2) is 9.59 Å². The van der Waals surface area contributed by atoms with Gasteiger partial charge in [0.2, 0.25) is 0 Å². The molecule has 68 valence electrons. The Balaban J connectivity index is 4.37. The minimum absolute atomic E-state index is 0.0225. The Morgan fingerprint density at radius 2 is 1.75 bits per heavy atom. The number of hydrogen-bond donors (Lipinski definition) is 1. The number of rotatable bonds is 2. The molecule has 0 rings (SSSR count). The first kappa shape index (κ1) is 10.5. The molecule has 0 unspecified atom stereocenters. The summed E-state index contributed by atoms with van der Waals surface area (Å²) in [5.74, 6) is -1.11. The molecule has 0 aromatic heterocycles. The fourth-order valence-corrected chi connectivity index (χ4v) is 0.394. The summed E-state index contributed by atoms with van der Waals surface area (Å²) in [6.45, 7) is 2.71. The quantitative estimate of drug-likeness (QED) is 0.386. The van der Waals surface area contributed by atoms with Gasteiger partial charge < -0.3 is 14.6 Å². The molecule has 0 aliphatic carbocycles. The van der Waals surface area contributed by atoms with Crippen LogP contribution in [-0.2, 0) is 14.3 Å². The average Bonchev–Trinajstić information content (AvgIpc) is 2.02. The monoisotopic (exact) mass is 174 g/mol. The summed E-state index contributed by atoms with van der Waals surface area (Å²) in [4.78, 5) is 20.8. The number of carbonyl (C=O) groups is 2. The van der Waals surface area contributed by atoms with Gasteiger partial charge in [0.25, 0.3) is 0 Å². The van der Waals surface area contributed by atoms with Crippen molar-refractivity contribution in [2.75, 3.05) is 7.11 Å². The molecule has 0 aromatic rings. The third kappa shape index (κ3) is 3.05. The molecule has 0 aromatic carbocycles. The molecule has 0 heterocycles. The zero-order valence-electron chi connectivity index (χ0n) is 7.08. The molecule has 0 spiro atoms. The van der Waals surface area contributed by atoms with Gasteiger partial charge in [-0.3, -0.25) is 0 Å². The van der Waals surface area contributed by atoms with Crippen molar-refractivity contribution in [2.45, 2.75) is 13.8 Å². The van der Waals surface area contributed by atoms with Gasteiger partial charge in [-0.05, 0) is 13.8 Å². The number of carboxylic acid groups (broad SMARTS) is 1. The number of ether oxygens (including phenoxy) is 2. The smallest absolute Gasteiger partial charge is 0.478 e. The molecule has 0 fully saturated rings. The second kappa shape index (κ2) is 4.38. The summed E-state index contributed by atoms with van der Waals surface area (Å²) in [6, 6.07) is 0. The Morgan fingerprint density at radius 3 is 2.08 bits per heavy atom. The SMILES string of the molecule is COC(=O)OC(C)=C(C)C(=O)O. The van der Waals surface area contributed by atoms with E-state index in [9.17, 15) is 9.59 Å². The normalized spacial score (nSPS) is 11.6. The van der Waals surface area contributed by atoms with Crippen molar-refractivity contribution in [3.63, 3.8) is 0 Å². The lowest BCUT2D eigenvalue weighted by Gasteiger charge is -2.03. The van der Waals surface area contributed by atoms with Gasteiger partial charge in [0, 0.05) is 0 Å². The van der Waals surface area contributed by atoms with Crippen LogP contribution in [0.25, 0.3) is 0 Å². The van der Waals surface area contributed by atoms with Gasteiger partial charge in [0.15, 0.2) is 0 Å². The third-order valence-corrected chi connectivity index (χ3v) is 1.25. The molecule has 5 heteroatoms. The van der Waals surface area contributed by atoms with Crippen molar-refractivity contribution in [2.24, 2.45) is 0 Å². The molecule has 0 aliphatic heterocycles. The third-order valence-electron chi connectivity index (χ3n) is 1.25. The Bertz CT molecular complexity index is 228. The molecule has 0 atom stereocenters. The van der Waals surface area contributed by atoms with E-state index >= 15 is 0 Å². The van der Waals surface area contributed by atoms with Crippen LogP contribution < -0.4 is 0 Å². The second-order valence-corrected chi connectivity index (χ2v) is 2.04. The molecular weight excluding hydrogens is 164 g/mol. The van der Waals surface area contributed by atoms with Gasteiger partial charge >= 0.3 is 12.1 Å². The molecule has 1 N–H and O–H groups in total. The van der Waals surface area contributed by atoms with Crippen LogP contribution in [0.1, 0.15) is 13.8 Å². The van der Waals surface area contributed by atoms with Crippen LogP contribution in [0.4, 0.5) is 4.79 Å². The van der Waals surface area contributed by atoms with Gasteiger partial charge in [0.05, 0.1) is 12.7 Å². The Hall–Kier alpha value is -1.52. The van der Waals surface area contributed by atoms with Crippen LogP contribution in [0.2, 0.25) is 0 Å². The molecule has 0 amide bonds. The zero-order chi connectivity index (χ0) is 9.72. The molecule has 0 saturated carbocycles. The van der Waals surface area contributed by atoms with Crippen molar-refractivity contribution < 1.29 is 24.2 Å². The van der Waals surface area contributed by atoms with Crippen LogP contribution in [-0.4, -0.2) is 24.3 Å². The van der Waals surface area contributed by atoms with E-state index in [2.05, 4.69) is 9.47 Å². The predicted molar refractivity (Wildman–Crippen MR) is 39.5 cm³/mol. The van der Waals surface area contributed by atoms with E-state index in [0.717, 1.165) is 7.11 Å². The topological polar surface area (TPSA) is 72.8 Å². The van der Waals surface area contributed by atoms with E-state index < -0.39 is 12.1 Å². The lowest BCUT2D eigenvalue weighted by atomic mass is 10.3. The molecular formula is C7H10O5. The van der Waals surface area contributed by atoms with Crippen molar-refractivity contribution in [1.29, 1.82) is 0 Å². The highest BCUT2D eigenvalue weighted by atomic mass is 16.7. The number of carboxylic acids is 1. The van der Waals surface area contributed by atoms with E-state index in [1.807, 2.05) is 0 Å². The van der Waals surface area contributed by atoms with Crippen LogP contribution in [0.5, 0.6) is 0 Å². The Kier molecular flexibility index (Phi) is 3.82. The zero-order valence-corrected chi connectivity index (χ0v) is 7.08. The second-order valence-electron chi connectivity index (χ2n) is 2.04. The highest BCUT2D eigenvalue weighted by Crippen LogP contribution is 2.05. The van der Waals surface area contributed by atoms with Crippen LogP contribution >= 0.6 is 0 Å². The number of hydrogen-bond acceptors (Lipinski definition) is 4. The van der Waals surface area contributed by atoms with Gasteiger partial charge in [-0.15, -0.1) is 0 Å². The van der Waals surface area contributed by atoms with E-state index in [1.54, 1.807) is 0 Å². The Labute approximate surface area is 69.6 Å². The first-order valence-corrected chi connectivity index (χ1v) is 3.15. The minimum Gasteiger partial charge on any atom is -0.478 e. The summed E-state index contributed by atoms with van der Waals surface area (Å²) in [5.41, 5.74) is -0.0274. The molecule has 0 bridgehead atoms. The summed E-state index contributed by atoms with van der Waals surface area (Å²) in [7, 11) is 1.14. The summed E-state index contributed by atoms with van der Waals surface area (Å²) in [6.07, 6.45) is -0.923.